The van der Waals surface area contributed by atoms with E-state index in [0.717, 1.165) is 0 Å². The van der Waals surface area contributed by atoms with Gasteiger partial charge in [0.05, 0.1) is 12.2 Å². The normalized spacial score (nSPS) is 23.8. The van der Waals surface area contributed by atoms with Crippen LogP contribution in [-0.2, 0) is 4.74 Å². The maximum absolute atomic E-state index is 9.87. The van der Waals surface area contributed by atoms with Crippen molar-refractivity contribution in [2.75, 3.05) is 7.11 Å². The van der Waals surface area contributed by atoms with Crippen molar-refractivity contribution in [3.8, 4) is 0 Å². The van der Waals surface area contributed by atoms with Crippen molar-refractivity contribution >= 4 is 0 Å². The summed E-state index contributed by atoms with van der Waals surface area (Å²) in [6.45, 7) is 4.19. The van der Waals surface area contributed by atoms with Gasteiger partial charge in [-0.05, 0) is 24.7 Å². The van der Waals surface area contributed by atoms with Crippen LogP contribution in [0.15, 0.2) is 0 Å². The molecule has 0 bridgehead atoms. The van der Waals surface area contributed by atoms with Gasteiger partial charge >= 0.3 is 0 Å². The molecule has 0 aromatic carbocycles. The third kappa shape index (κ3) is 1.99. The Morgan fingerprint density at radius 1 is 1.33 bits per heavy atom. The van der Waals surface area contributed by atoms with Gasteiger partial charge in [-0.3, -0.25) is 0 Å². The lowest BCUT2D eigenvalue weighted by Gasteiger charge is -2.36. The molecule has 1 aliphatic carbocycles. The molecule has 0 amide bonds. The lowest BCUT2D eigenvalue weighted by atomic mass is 9.77. The Kier molecular flexibility index (Phi) is 3.53. The van der Waals surface area contributed by atoms with Crippen LogP contribution in [0.1, 0.15) is 33.1 Å². The van der Waals surface area contributed by atoms with E-state index in [2.05, 4.69) is 13.8 Å². The fourth-order valence-electron chi connectivity index (χ4n) is 1.86. The highest BCUT2D eigenvalue weighted by atomic mass is 16.5. The monoisotopic (exact) mass is 172 g/mol. The molecule has 2 unspecified atom stereocenters. The predicted molar refractivity (Wildman–Crippen MR) is 49.0 cm³/mol. The molecule has 0 saturated heterocycles. The molecule has 2 heteroatoms. The van der Waals surface area contributed by atoms with Gasteiger partial charge in [-0.15, -0.1) is 0 Å². The summed E-state index contributed by atoms with van der Waals surface area (Å²) in [5.74, 6) is 0.906. The average molecular weight is 172 g/mol. The molecular formula is C10H20O2. The van der Waals surface area contributed by atoms with Crippen LogP contribution in [0.4, 0.5) is 0 Å². The molecule has 2 atom stereocenters. The fourth-order valence-corrected chi connectivity index (χ4v) is 1.86. The van der Waals surface area contributed by atoms with E-state index in [1.807, 2.05) is 0 Å². The molecule has 0 aromatic heterocycles. The second-order valence-electron chi connectivity index (χ2n) is 4.13. The van der Waals surface area contributed by atoms with E-state index in [0.29, 0.717) is 11.8 Å². The van der Waals surface area contributed by atoms with Crippen LogP contribution in [0, 0.1) is 11.8 Å². The minimum atomic E-state index is -0.247. The first kappa shape index (κ1) is 10.0. The average Bonchev–Trinajstić information content (AvgIpc) is 1.83. The van der Waals surface area contributed by atoms with Crippen molar-refractivity contribution in [1.82, 2.24) is 0 Å². The van der Waals surface area contributed by atoms with Crippen LogP contribution in [-0.4, -0.2) is 24.4 Å². The van der Waals surface area contributed by atoms with Crippen LogP contribution < -0.4 is 0 Å². The Balaban J connectivity index is 2.40. The fraction of sp³-hybridized carbons (Fsp3) is 1.00. The number of ether oxygens (including phenoxy) is 1. The topological polar surface area (TPSA) is 29.5 Å². The Morgan fingerprint density at radius 3 is 2.17 bits per heavy atom. The van der Waals surface area contributed by atoms with Crippen LogP contribution >= 0.6 is 0 Å². The molecule has 0 aliphatic heterocycles. The Labute approximate surface area is 74.9 Å². The molecule has 1 fully saturated rings. The van der Waals surface area contributed by atoms with E-state index >= 15 is 0 Å². The molecule has 1 aliphatic rings. The van der Waals surface area contributed by atoms with E-state index in [1.165, 1.54) is 19.3 Å². The maximum atomic E-state index is 9.87. The zero-order valence-corrected chi connectivity index (χ0v) is 8.29. The molecule has 0 aromatic rings. The number of aliphatic hydroxyl groups is 1. The molecule has 1 rings (SSSR count). The first-order valence-electron chi connectivity index (χ1n) is 4.87. The summed E-state index contributed by atoms with van der Waals surface area (Å²) in [7, 11) is 1.69. The number of rotatable bonds is 4. The number of hydrogen-bond donors (Lipinski definition) is 1. The Bertz CT molecular complexity index is 130. The molecule has 0 spiro atoms. The minimum absolute atomic E-state index is 0.0234. The summed E-state index contributed by atoms with van der Waals surface area (Å²) in [5, 5.41) is 9.87. The molecule has 1 N–H and O–H groups in total. The summed E-state index contributed by atoms with van der Waals surface area (Å²) in [6, 6.07) is 0. The SMILES string of the molecule is COC(C(C)C)C(O)C1CCC1. The van der Waals surface area contributed by atoms with Gasteiger partial charge in [-0.1, -0.05) is 20.3 Å². The maximum Gasteiger partial charge on any atom is 0.0855 e. The zero-order valence-electron chi connectivity index (χ0n) is 8.29. The van der Waals surface area contributed by atoms with Crippen molar-refractivity contribution in [2.45, 2.75) is 45.3 Å². The van der Waals surface area contributed by atoms with Crippen molar-refractivity contribution in [1.29, 1.82) is 0 Å². The lowest BCUT2D eigenvalue weighted by molar-refractivity contribution is -0.0793. The summed E-state index contributed by atoms with van der Waals surface area (Å²) in [6.07, 6.45) is 3.40. The molecule has 0 heterocycles. The van der Waals surface area contributed by atoms with Gasteiger partial charge in [-0.25, -0.2) is 0 Å². The van der Waals surface area contributed by atoms with Crippen molar-refractivity contribution < 1.29 is 9.84 Å². The molecule has 2 nitrogen and oxygen atoms in total. The Morgan fingerprint density at radius 2 is 1.92 bits per heavy atom. The van der Waals surface area contributed by atoms with Gasteiger partial charge < -0.3 is 9.84 Å². The van der Waals surface area contributed by atoms with Gasteiger partial charge in [0, 0.05) is 7.11 Å². The van der Waals surface area contributed by atoms with E-state index in [-0.39, 0.29) is 12.2 Å². The lowest BCUT2D eigenvalue weighted by Crippen LogP contribution is -2.41. The molecular weight excluding hydrogens is 152 g/mol. The van der Waals surface area contributed by atoms with Gasteiger partial charge in [0.2, 0.25) is 0 Å². The highest BCUT2D eigenvalue weighted by Crippen LogP contribution is 2.33. The predicted octanol–water partition coefficient (Wildman–Crippen LogP) is 1.82. The van der Waals surface area contributed by atoms with Crippen LogP contribution in [0.2, 0.25) is 0 Å². The van der Waals surface area contributed by atoms with Crippen molar-refractivity contribution in [3.63, 3.8) is 0 Å². The first-order valence-corrected chi connectivity index (χ1v) is 4.87. The van der Waals surface area contributed by atoms with E-state index in [9.17, 15) is 5.11 Å². The minimum Gasteiger partial charge on any atom is -0.390 e. The third-order valence-corrected chi connectivity index (χ3v) is 2.90. The summed E-state index contributed by atoms with van der Waals surface area (Å²) in [5.41, 5.74) is 0. The van der Waals surface area contributed by atoms with Crippen LogP contribution in [0.5, 0.6) is 0 Å². The van der Waals surface area contributed by atoms with Gasteiger partial charge in [-0.2, -0.15) is 0 Å². The number of aliphatic hydroxyl groups excluding tert-OH is 1. The van der Waals surface area contributed by atoms with E-state index in [1.54, 1.807) is 7.11 Å². The highest BCUT2D eigenvalue weighted by Gasteiger charge is 2.33. The quantitative estimate of drug-likeness (QED) is 0.701. The number of methoxy groups -OCH3 is 1. The number of hydrogen-bond acceptors (Lipinski definition) is 2. The molecule has 12 heavy (non-hydrogen) atoms. The van der Waals surface area contributed by atoms with E-state index in [4.69, 9.17) is 4.74 Å². The molecule has 1 saturated carbocycles. The molecule has 0 radical (unpaired) electrons. The molecule has 72 valence electrons. The van der Waals surface area contributed by atoms with Crippen molar-refractivity contribution in [3.05, 3.63) is 0 Å². The third-order valence-electron chi connectivity index (χ3n) is 2.90. The van der Waals surface area contributed by atoms with Crippen LogP contribution in [0.3, 0.4) is 0 Å². The van der Waals surface area contributed by atoms with Gasteiger partial charge in [0.15, 0.2) is 0 Å². The zero-order chi connectivity index (χ0) is 9.14. The standard InChI is InChI=1S/C10H20O2/c1-7(2)10(12-3)9(11)8-5-4-6-8/h7-11H,4-6H2,1-3H3. The Hall–Kier alpha value is -0.0800. The summed E-state index contributed by atoms with van der Waals surface area (Å²) < 4.78 is 5.28. The summed E-state index contributed by atoms with van der Waals surface area (Å²) >= 11 is 0. The first-order chi connectivity index (χ1) is 5.66. The highest BCUT2D eigenvalue weighted by molar-refractivity contribution is 4.83. The second kappa shape index (κ2) is 4.24. The van der Waals surface area contributed by atoms with Gasteiger partial charge in [0.1, 0.15) is 0 Å². The van der Waals surface area contributed by atoms with Crippen molar-refractivity contribution in [2.24, 2.45) is 11.8 Å². The van der Waals surface area contributed by atoms with E-state index < -0.39 is 0 Å². The van der Waals surface area contributed by atoms with Crippen LogP contribution in [0.25, 0.3) is 0 Å². The second-order valence-corrected chi connectivity index (χ2v) is 4.13. The largest absolute Gasteiger partial charge is 0.390 e. The summed E-state index contributed by atoms with van der Waals surface area (Å²) in [4.78, 5) is 0. The smallest absolute Gasteiger partial charge is 0.0855 e. The van der Waals surface area contributed by atoms with Gasteiger partial charge in [0.25, 0.3) is 0 Å².